The average Bonchev–Trinajstić information content (AvgIpc) is 2.82. The Morgan fingerprint density at radius 3 is 2.41 bits per heavy atom. The number of alkyl halides is 2. The smallest absolute Gasteiger partial charge is 0.265 e. The number of hydrogen-bond acceptors (Lipinski definition) is 5. The van der Waals surface area contributed by atoms with E-state index in [1.165, 1.54) is 24.3 Å². The summed E-state index contributed by atoms with van der Waals surface area (Å²) in [5, 5.41) is 0.208. The van der Waals surface area contributed by atoms with Gasteiger partial charge in [0.25, 0.3) is 26.1 Å². The average molecular weight is 600 g/mol. The van der Waals surface area contributed by atoms with Crippen molar-refractivity contribution in [1.29, 1.82) is 0 Å². The van der Waals surface area contributed by atoms with Crippen LogP contribution in [-0.4, -0.2) is 35.7 Å². The lowest BCUT2D eigenvalue weighted by atomic mass is 9.97. The lowest BCUT2D eigenvalue weighted by molar-refractivity contribution is 0.0172. The van der Waals surface area contributed by atoms with Gasteiger partial charge < -0.3 is 0 Å². The maximum absolute atomic E-state index is 14.4. The predicted molar refractivity (Wildman–Crippen MR) is 145 cm³/mol. The molecule has 0 radical (unpaired) electrons. The van der Waals surface area contributed by atoms with Crippen molar-refractivity contribution in [2.75, 3.05) is 17.1 Å². The van der Waals surface area contributed by atoms with Gasteiger partial charge in [-0.2, -0.15) is 8.42 Å². The molecule has 0 unspecified atom stereocenters. The Balaban J connectivity index is 1.83. The molecule has 208 valence electrons. The van der Waals surface area contributed by atoms with Crippen molar-refractivity contribution in [1.82, 2.24) is 0 Å². The molecule has 12 heteroatoms. The minimum Gasteiger partial charge on any atom is -0.265 e. The lowest BCUT2D eigenvalue weighted by Crippen LogP contribution is -2.44. The molecule has 0 aromatic heterocycles. The molecule has 0 saturated heterocycles. The van der Waals surface area contributed by atoms with Gasteiger partial charge in [0, 0.05) is 24.5 Å². The van der Waals surface area contributed by atoms with Gasteiger partial charge in [-0.05, 0) is 54.0 Å². The van der Waals surface area contributed by atoms with Crippen LogP contribution in [0.1, 0.15) is 36.1 Å². The molecule has 3 aromatic rings. The van der Waals surface area contributed by atoms with E-state index in [4.69, 9.17) is 15.8 Å². The molecule has 0 N–H and O–H groups in total. The van der Waals surface area contributed by atoms with Crippen LogP contribution in [0.25, 0.3) is 11.6 Å². The summed E-state index contributed by atoms with van der Waals surface area (Å²) in [7, 11) is -8.36. The van der Waals surface area contributed by atoms with Crippen molar-refractivity contribution in [2.24, 2.45) is 0 Å². The monoisotopic (exact) mass is 599 g/mol. The molecule has 3 aromatic carbocycles. The number of halogens is 4. The number of sulfonamides is 1. The molecule has 0 fully saturated rings. The molecule has 39 heavy (non-hydrogen) atoms. The van der Waals surface area contributed by atoms with E-state index in [1.54, 1.807) is 37.3 Å². The van der Waals surface area contributed by atoms with Gasteiger partial charge in [0.1, 0.15) is 5.82 Å². The standard InChI is InChI=1S/C27H25ClF3NO5S2/c1-17(26-23(28)8-5-9-24(26)29)12-18-10-11-19-14-21(37-38(3,33)34)16-32(25(19)13-18)39(35,36)22-7-4-6-20(15-22)27(2,30)31/h4-13,15,21H,14,16H2,1-3H3/b17-12+/t21-/m0/s1. The number of allylic oxidation sites excluding steroid dienone is 1. The first-order chi connectivity index (χ1) is 18.1. The Hall–Kier alpha value is -2.86. The normalized spacial score (nSPS) is 16.7. The summed E-state index contributed by atoms with van der Waals surface area (Å²) < 4.78 is 99.7. The van der Waals surface area contributed by atoms with Gasteiger partial charge in [-0.1, -0.05) is 48.0 Å². The van der Waals surface area contributed by atoms with Crippen molar-refractivity contribution in [3.8, 4) is 0 Å². The zero-order valence-electron chi connectivity index (χ0n) is 21.2. The van der Waals surface area contributed by atoms with Crippen molar-refractivity contribution in [3.05, 3.63) is 93.8 Å². The molecule has 0 bridgehead atoms. The van der Waals surface area contributed by atoms with E-state index in [1.807, 2.05) is 0 Å². The van der Waals surface area contributed by atoms with Crippen LogP contribution in [0, 0.1) is 5.82 Å². The van der Waals surface area contributed by atoms with Gasteiger partial charge >= 0.3 is 0 Å². The van der Waals surface area contributed by atoms with Crippen LogP contribution < -0.4 is 4.31 Å². The van der Waals surface area contributed by atoms with Crippen LogP contribution >= 0.6 is 11.6 Å². The number of fused-ring (bicyclic) bond motifs is 1. The van der Waals surface area contributed by atoms with Gasteiger partial charge in [0.05, 0.1) is 34.5 Å². The number of rotatable bonds is 7. The second kappa shape index (κ2) is 10.6. The Morgan fingerprint density at radius 1 is 1.08 bits per heavy atom. The quantitative estimate of drug-likeness (QED) is 0.237. The van der Waals surface area contributed by atoms with E-state index in [-0.39, 0.29) is 34.1 Å². The molecule has 0 amide bonds. The van der Waals surface area contributed by atoms with Crippen molar-refractivity contribution in [3.63, 3.8) is 0 Å². The third-order valence-corrected chi connectivity index (χ3v) is 8.89. The molecule has 0 saturated carbocycles. The summed E-state index contributed by atoms with van der Waals surface area (Å²) in [5.41, 5.74) is 1.40. The number of anilines is 1. The van der Waals surface area contributed by atoms with Crippen molar-refractivity contribution in [2.45, 2.75) is 37.2 Å². The van der Waals surface area contributed by atoms with E-state index in [0.717, 1.165) is 22.7 Å². The van der Waals surface area contributed by atoms with Crippen LogP contribution in [0.15, 0.2) is 65.6 Å². The highest BCUT2D eigenvalue weighted by molar-refractivity contribution is 7.92. The molecule has 1 aliphatic heterocycles. The molecule has 6 nitrogen and oxygen atoms in total. The fraction of sp³-hybridized carbons (Fsp3) is 0.259. The summed E-state index contributed by atoms with van der Waals surface area (Å²) in [6, 6.07) is 13.6. The fourth-order valence-electron chi connectivity index (χ4n) is 4.46. The molecular weight excluding hydrogens is 575 g/mol. The van der Waals surface area contributed by atoms with Gasteiger partial charge in [-0.3, -0.25) is 8.49 Å². The van der Waals surface area contributed by atoms with Crippen LogP contribution in [0.2, 0.25) is 5.02 Å². The van der Waals surface area contributed by atoms with Crippen LogP contribution in [0.4, 0.5) is 18.9 Å². The third kappa shape index (κ3) is 6.49. The van der Waals surface area contributed by atoms with Crippen molar-refractivity contribution < 1.29 is 34.2 Å². The SMILES string of the molecule is C/C(=C\c1ccc2c(c1)N(S(=O)(=O)c1cccc(C(C)(F)F)c1)C[C@@H](OS(C)(=O)=O)C2)c1c(F)cccc1Cl. The van der Waals surface area contributed by atoms with Gasteiger partial charge in [-0.25, -0.2) is 21.6 Å². The van der Waals surface area contributed by atoms with Gasteiger partial charge in [0.2, 0.25) is 0 Å². The van der Waals surface area contributed by atoms with E-state index in [9.17, 15) is 30.0 Å². The summed E-state index contributed by atoms with van der Waals surface area (Å²) in [5.74, 6) is -3.80. The minimum absolute atomic E-state index is 0.0869. The Labute approximate surface area is 230 Å². The zero-order chi connectivity index (χ0) is 28.8. The predicted octanol–water partition coefficient (Wildman–Crippen LogP) is 6.25. The number of hydrogen-bond donors (Lipinski definition) is 0. The van der Waals surface area contributed by atoms with Crippen LogP contribution in [-0.2, 0) is 36.7 Å². The molecule has 1 heterocycles. The first-order valence-electron chi connectivity index (χ1n) is 11.7. The van der Waals surface area contributed by atoms with Gasteiger partial charge in [0.15, 0.2) is 0 Å². The highest BCUT2D eigenvalue weighted by Gasteiger charge is 2.36. The third-order valence-electron chi connectivity index (χ3n) is 6.18. The van der Waals surface area contributed by atoms with E-state index in [0.29, 0.717) is 23.6 Å². The molecule has 4 rings (SSSR count). The Morgan fingerprint density at radius 2 is 1.77 bits per heavy atom. The van der Waals surface area contributed by atoms with Crippen LogP contribution in [0.5, 0.6) is 0 Å². The highest BCUT2D eigenvalue weighted by atomic mass is 35.5. The zero-order valence-corrected chi connectivity index (χ0v) is 23.5. The lowest BCUT2D eigenvalue weighted by Gasteiger charge is -2.35. The minimum atomic E-state index is -4.43. The number of nitrogens with zero attached hydrogens (tertiary/aromatic N) is 1. The number of benzene rings is 3. The largest absolute Gasteiger partial charge is 0.270 e. The summed E-state index contributed by atoms with van der Waals surface area (Å²) >= 11 is 6.19. The van der Waals surface area contributed by atoms with Crippen molar-refractivity contribution >= 4 is 49.1 Å². The fourth-order valence-corrected chi connectivity index (χ4v) is 6.97. The molecule has 1 aliphatic rings. The highest BCUT2D eigenvalue weighted by Crippen LogP contribution is 2.37. The maximum Gasteiger partial charge on any atom is 0.270 e. The summed E-state index contributed by atoms with van der Waals surface area (Å²) in [4.78, 5) is -0.386. The molecule has 0 aliphatic carbocycles. The summed E-state index contributed by atoms with van der Waals surface area (Å²) in [6.45, 7) is 1.94. The van der Waals surface area contributed by atoms with E-state index in [2.05, 4.69) is 0 Å². The first kappa shape index (κ1) is 29.1. The second-order valence-corrected chi connectivity index (χ2v) is 13.3. The molecule has 0 spiro atoms. The summed E-state index contributed by atoms with van der Waals surface area (Å²) in [6.07, 6.45) is 1.54. The Bertz CT molecular complexity index is 1650. The van der Waals surface area contributed by atoms with E-state index >= 15 is 0 Å². The van der Waals surface area contributed by atoms with Gasteiger partial charge in [-0.15, -0.1) is 0 Å². The molecule has 1 atom stereocenters. The first-order valence-corrected chi connectivity index (χ1v) is 15.3. The second-order valence-electron chi connectivity index (χ2n) is 9.39. The van der Waals surface area contributed by atoms with Crippen LogP contribution in [0.3, 0.4) is 0 Å². The van der Waals surface area contributed by atoms with E-state index < -0.39 is 43.5 Å². The Kier molecular flexibility index (Phi) is 7.92. The maximum atomic E-state index is 14.4. The topological polar surface area (TPSA) is 80.8 Å². The molecular formula is C27H25ClF3NO5S2.